The van der Waals surface area contributed by atoms with Gasteiger partial charge in [-0.05, 0) is 50.2 Å². The van der Waals surface area contributed by atoms with Crippen LogP contribution in [0, 0.1) is 0 Å². The summed E-state index contributed by atoms with van der Waals surface area (Å²) < 4.78 is 16.7. The number of halogens is 2. The second-order valence-electron chi connectivity index (χ2n) is 5.52. The fourth-order valence-corrected chi connectivity index (χ4v) is 2.91. The minimum atomic E-state index is -0.487. The largest absolute Gasteiger partial charge is 0.490 e. The van der Waals surface area contributed by atoms with Crippen LogP contribution in [0.2, 0.25) is 10.0 Å². The molecule has 0 radical (unpaired) electrons. The van der Waals surface area contributed by atoms with Gasteiger partial charge in [-0.2, -0.15) is 0 Å². The Kier molecular flexibility index (Phi) is 6.38. The van der Waals surface area contributed by atoms with Gasteiger partial charge in [-0.15, -0.1) is 5.10 Å². The summed E-state index contributed by atoms with van der Waals surface area (Å²) >= 11 is 11.9. The summed E-state index contributed by atoms with van der Waals surface area (Å²) in [5.74, 6) is 0.928. The molecule has 3 rings (SSSR count). The number of carbonyl (C=O) groups excluding carboxylic acids is 1. The number of nitrogens with one attached hydrogen (secondary N) is 1. The molecule has 0 aliphatic rings. The van der Waals surface area contributed by atoms with Gasteiger partial charge in [0.15, 0.2) is 11.5 Å². The maximum Gasteiger partial charge on any atom is 0.322 e. The molecule has 1 amide bonds. The molecular formula is C19H17Cl2N3O4. The van der Waals surface area contributed by atoms with Crippen LogP contribution in [0.25, 0.3) is 11.5 Å². The zero-order valence-electron chi connectivity index (χ0n) is 15.2. The molecule has 0 aliphatic carbocycles. The van der Waals surface area contributed by atoms with E-state index in [1.54, 1.807) is 24.3 Å². The van der Waals surface area contributed by atoms with Crippen molar-refractivity contribution >= 4 is 35.1 Å². The van der Waals surface area contributed by atoms with E-state index in [1.807, 2.05) is 13.8 Å². The van der Waals surface area contributed by atoms with E-state index in [0.29, 0.717) is 35.3 Å². The van der Waals surface area contributed by atoms with Crippen molar-refractivity contribution in [1.29, 1.82) is 0 Å². The molecule has 28 heavy (non-hydrogen) atoms. The topological polar surface area (TPSA) is 86.5 Å². The van der Waals surface area contributed by atoms with E-state index in [-0.39, 0.29) is 22.5 Å². The van der Waals surface area contributed by atoms with Gasteiger partial charge in [0.25, 0.3) is 5.91 Å². The number of aromatic nitrogens is 2. The smallest absolute Gasteiger partial charge is 0.322 e. The first-order valence-corrected chi connectivity index (χ1v) is 9.27. The second-order valence-corrected chi connectivity index (χ2v) is 6.36. The van der Waals surface area contributed by atoms with Crippen LogP contribution in [0.4, 0.5) is 6.01 Å². The van der Waals surface area contributed by atoms with E-state index in [4.69, 9.17) is 37.1 Å². The third-order valence-electron chi connectivity index (χ3n) is 3.61. The number of rotatable bonds is 7. The summed E-state index contributed by atoms with van der Waals surface area (Å²) in [6, 6.07) is 9.77. The first-order chi connectivity index (χ1) is 13.5. The van der Waals surface area contributed by atoms with Crippen LogP contribution in [-0.2, 0) is 0 Å². The molecule has 0 saturated carbocycles. The number of amides is 1. The van der Waals surface area contributed by atoms with E-state index in [9.17, 15) is 4.79 Å². The zero-order chi connectivity index (χ0) is 20.1. The van der Waals surface area contributed by atoms with Gasteiger partial charge < -0.3 is 13.9 Å². The maximum atomic E-state index is 12.3. The van der Waals surface area contributed by atoms with E-state index in [0.717, 1.165) is 0 Å². The summed E-state index contributed by atoms with van der Waals surface area (Å²) in [6.07, 6.45) is 0. The third kappa shape index (κ3) is 4.55. The lowest BCUT2D eigenvalue weighted by atomic mass is 10.2. The van der Waals surface area contributed by atoms with Crippen molar-refractivity contribution in [2.75, 3.05) is 18.5 Å². The van der Waals surface area contributed by atoms with Gasteiger partial charge in [-0.25, -0.2) is 0 Å². The Labute approximate surface area is 171 Å². The number of hydrogen-bond acceptors (Lipinski definition) is 6. The lowest BCUT2D eigenvalue weighted by Gasteiger charge is -2.11. The van der Waals surface area contributed by atoms with Crippen molar-refractivity contribution in [3.63, 3.8) is 0 Å². The van der Waals surface area contributed by atoms with Crippen molar-refractivity contribution in [3.05, 3.63) is 52.0 Å². The summed E-state index contributed by atoms with van der Waals surface area (Å²) in [5.41, 5.74) is 0.870. The molecule has 0 bridgehead atoms. The van der Waals surface area contributed by atoms with Crippen molar-refractivity contribution in [2.45, 2.75) is 13.8 Å². The number of anilines is 1. The monoisotopic (exact) mass is 421 g/mol. The van der Waals surface area contributed by atoms with Gasteiger partial charge in [0, 0.05) is 10.6 Å². The summed E-state index contributed by atoms with van der Waals surface area (Å²) in [7, 11) is 0. The minimum Gasteiger partial charge on any atom is -0.490 e. The molecule has 0 aliphatic heterocycles. The number of hydrogen-bond donors (Lipinski definition) is 1. The van der Waals surface area contributed by atoms with Gasteiger partial charge in [-0.1, -0.05) is 28.3 Å². The number of nitrogens with zero attached hydrogens (tertiary/aromatic N) is 2. The predicted octanol–water partition coefficient (Wildman–Crippen LogP) is 5.09. The Bertz CT molecular complexity index is 991. The van der Waals surface area contributed by atoms with Crippen LogP contribution in [0.5, 0.6) is 11.5 Å². The molecule has 9 heteroatoms. The maximum absolute atomic E-state index is 12.3. The fraction of sp³-hybridized carbons (Fsp3) is 0.211. The fourth-order valence-electron chi connectivity index (χ4n) is 2.41. The lowest BCUT2D eigenvalue weighted by Crippen LogP contribution is -2.12. The molecule has 0 saturated heterocycles. The molecule has 0 fully saturated rings. The van der Waals surface area contributed by atoms with E-state index in [1.165, 1.54) is 12.1 Å². The summed E-state index contributed by atoms with van der Waals surface area (Å²) in [4.78, 5) is 12.3. The normalized spacial score (nSPS) is 10.6. The number of ether oxygens (including phenoxy) is 2. The summed E-state index contributed by atoms with van der Waals surface area (Å²) in [6.45, 7) is 4.77. The Balaban J connectivity index is 1.80. The predicted molar refractivity (Wildman–Crippen MR) is 106 cm³/mol. The lowest BCUT2D eigenvalue weighted by molar-refractivity contribution is 0.102. The van der Waals surface area contributed by atoms with Crippen molar-refractivity contribution in [1.82, 2.24) is 10.2 Å². The van der Waals surface area contributed by atoms with Crippen LogP contribution in [0.1, 0.15) is 24.2 Å². The Morgan fingerprint density at radius 2 is 1.79 bits per heavy atom. The minimum absolute atomic E-state index is 0.0575. The molecule has 1 heterocycles. The average Bonchev–Trinajstić information content (AvgIpc) is 3.12. The van der Waals surface area contributed by atoms with Gasteiger partial charge in [0.2, 0.25) is 5.89 Å². The molecule has 0 spiro atoms. The van der Waals surface area contributed by atoms with Gasteiger partial charge in [-0.3, -0.25) is 10.1 Å². The van der Waals surface area contributed by atoms with Gasteiger partial charge in [0.1, 0.15) is 0 Å². The van der Waals surface area contributed by atoms with E-state index in [2.05, 4.69) is 15.5 Å². The van der Waals surface area contributed by atoms with Crippen LogP contribution in [0.3, 0.4) is 0 Å². The standard InChI is InChI=1S/C19H17Cl2N3O4/c1-3-26-15-8-5-11(9-16(15)27-4-2)18-23-24-19(28-18)22-17(25)13-7-6-12(20)10-14(13)21/h5-10H,3-4H2,1-2H3,(H,22,24,25). The molecule has 3 aromatic rings. The third-order valence-corrected chi connectivity index (χ3v) is 4.16. The first kappa shape index (κ1) is 20.0. The molecule has 1 aromatic heterocycles. The molecule has 1 N–H and O–H groups in total. The van der Waals surface area contributed by atoms with E-state index < -0.39 is 5.91 Å². The highest BCUT2D eigenvalue weighted by Gasteiger charge is 2.16. The highest BCUT2D eigenvalue weighted by Crippen LogP contribution is 2.33. The highest BCUT2D eigenvalue weighted by molar-refractivity contribution is 6.37. The molecule has 7 nitrogen and oxygen atoms in total. The van der Waals surface area contributed by atoms with Crippen LogP contribution in [0.15, 0.2) is 40.8 Å². The van der Waals surface area contributed by atoms with Gasteiger partial charge >= 0.3 is 6.01 Å². The summed E-state index contributed by atoms with van der Waals surface area (Å²) in [5, 5.41) is 11.0. The second kappa shape index (κ2) is 8.95. The quantitative estimate of drug-likeness (QED) is 0.571. The molecule has 2 aromatic carbocycles. The average molecular weight is 422 g/mol. The molecule has 0 unspecified atom stereocenters. The van der Waals surface area contributed by atoms with Crippen molar-refractivity contribution in [3.8, 4) is 23.0 Å². The zero-order valence-corrected chi connectivity index (χ0v) is 16.7. The first-order valence-electron chi connectivity index (χ1n) is 8.51. The SMILES string of the molecule is CCOc1ccc(-c2nnc(NC(=O)c3ccc(Cl)cc3Cl)o2)cc1OCC. The van der Waals surface area contributed by atoms with Crippen molar-refractivity contribution in [2.24, 2.45) is 0 Å². The molecular weight excluding hydrogens is 405 g/mol. The highest BCUT2D eigenvalue weighted by atomic mass is 35.5. The molecule has 0 atom stereocenters. The van der Waals surface area contributed by atoms with Crippen LogP contribution < -0.4 is 14.8 Å². The number of carbonyl (C=O) groups is 1. The van der Waals surface area contributed by atoms with Crippen molar-refractivity contribution < 1.29 is 18.7 Å². The van der Waals surface area contributed by atoms with Gasteiger partial charge in [0.05, 0.1) is 23.8 Å². The number of benzene rings is 2. The van der Waals surface area contributed by atoms with Crippen LogP contribution >= 0.6 is 23.2 Å². The Hall–Kier alpha value is -2.77. The molecule has 146 valence electrons. The van der Waals surface area contributed by atoms with E-state index >= 15 is 0 Å². The Morgan fingerprint density at radius 1 is 1.04 bits per heavy atom. The Morgan fingerprint density at radius 3 is 2.50 bits per heavy atom. The van der Waals surface area contributed by atoms with Crippen LogP contribution in [-0.4, -0.2) is 29.3 Å².